The molecule has 0 bridgehead atoms. The van der Waals surface area contributed by atoms with Gasteiger partial charge in [0.15, 0.2) is 0 Å². The minimum Gasteiger partial charge on any atom is -0.314 e. The third-order valence-electron chi connectivity index (χ3n) is 3.53. The first-order valence-electron chi connectivity index (χ1n) is 7.34. The van der Waals surface area contributed by atoms with E-state index in [4.69, 9.17) is 0 Å². The molecule has 1 aliphatic rings. The van der Waals surface area contributed by atoms with Gasteiger partial charge in [-0.05, 0) is 68.3 Å². The Bertz CT molecular complexity index is 460. The summed E-state index contributed by atoms with van der Waals surface area (Å²) in [5.41, 5.74) is 2.50. The Hall–Kier alpha value is -0.650. The molecular weight excluding hydrogens is 316 g/mol. The standard InChI is InChI=1S/C15H25BrN4/c1-12(5-4-8-17-13-6-7-13)15-14(16)11-18-20(15)10-9-19(2)3/h5,11,13,17H,4,6-10H2,1-3H3. The van der Waals surface area contributed by atoms with E-state index in [1.54, 1.807) is 0 Å². The third kappa shape index (κ3) is 4.72. The fourth-order valence-electron chi connectivity index (χ4n) is 2.18. The van der Waals surface area contributed by atoms with Crippen molar-refractivity contribution in [2.75, 3.05) is 27.2 Å². The van der Waals surface area contributed by atoms with E-state index in [1.807, 2.05) is 6.20 Å². The van der Waals surface area contributed by atoms with Crippen molar-refractivity contribution in [3.8, 4) is 0 Å². The second kappa shape index (κ2) is 7.38. The number of aromatic nitrogens is 2. The number of rotatable bonds is 8. The van der Waals surface area contributed by atoms with Crippen LogP contribution in [-0.4, -0.2) is 47.9 Å². The fraction of sp³-hybridized carbons (Fsp3) is 0.667. The monoisotopic (exact) mass is 340 g/mol. The van der Waals surface area contributed by atoms with Gasteiger partial charge in [-0.1, -0.05) is 6.08 Å². The first kappa shape index (κ1) is 15.7. The summed E-state index contributed by atoms with van der Waals surface area (Å²) in [5, 5.41) is 8.00. The van der Waals surface area contributed by atoms with Crippen LogP contribution in [0.3, 0.4) is 0 Å². The van der Waals surface area contributed by atoms with Crippen molar-refractivity contribution in [1.82, 2.24) is 20.0 Å². The van der Waals surface area contributed by atoms with Crippen LogP contribution in [-0.2, 0) is 6.54 Å². The maximum absolute atomic E-state index is 4.46. The maximum atomic E-state index is 4.46. The lowest BCUT2D eigenvalue weighted by molar-refractivity contribution is 0.372. The highest BCUT2D eigenvalue weighted by Crippen LogP contribution is 2.24. The maximum Gasteiger partial charge on any atom is 0.0778 e. The van der Waals surface area contributed by atoms with Crippen LogP contribution < -0.4 is 5.32 Å². The van der Waals surface area contributed by atoms with E-state index < -0.39 is 0 Å². The molecule has 0 spiro atoms. The summed E-state index contributed by atoms with van der Waals surface area (Å²) in [6, 6.07) is 0.793. The average molecular weight is 341 g/mol. The van der Waals surface area contributed by atoms with E-state index in [-0.39, 0.29) is 0 Å². The van der Waals surface area contributed by atoms with Crippen LogP contribution in [0.2, 0.25) is 0 Å². The van der Waals surface area contributed by atoms with Gasteiger partial charge in [0.2, 0.25) is 0 Å². The van der Waals surface area contributed by atoms with Crippen molar-refractivity contribution in [3.63, 3.8) is 0 Å². The zero-order valence-electron chi connectivity index (χ0n) is 12.7. The number of allylic oxidation sites excluding steroid dienone is 1. The lowest BCUT2D eigenvalue weighted by Crippen LogP contribution is -2.20. The van der Waals surface area contributed by atoms with Crippen molar-refractivity contribution in [2.24, 2.45) is 0 Å². The highest BCUT2D eigenvalue weighted by atomic mass is 79.9. The lowest BCUT2D eigenvalue weighted by Gasteiger charge is -2.12. The van der Waals surface area contributed by atoms with Crippen LogP contribution in [0.5, 0.6) is 0 Å². The van der Waals surface area contributed by atoms with E-state index in [2.05, 4.69) is 63.0 Å². The van der Waals surface area contributed by atoms with Gasteiger partial charge in [0, 0.05) is 12.6 Å². The first-order valence-corrected chi connectivity index (χ1v) is 8.13. The molecule has 0 atom stereocenters. The average Bonchev–Trinajstić information content (AvgIpc) is 3.14. The molecule has 1 aromatic rings. The molecule has 1 saturated carbocycles. The molecule has 0 aromatic carbocycles. The number of likely N-dealkylation sites (N-methyl/N-ethyl adjacent to an activating group) is 1. The van der Waals surface area contributed by atoms with Crippen LogP contribution in [0.1, 0.15) is 31.9 Å². The summed E-state index contributed by atoms with van der Waals surface area (Å²) in [4.78, 5) is 2.18. The number of hydrogen-bond donors (Lipinski definition) is 1. The summed E-state index contributed by atoms with van der Waals surface area (Å²) in [6.07, 6.45) is 7.98. The topological polar surface area (TPSA) is 33.1 Å². The summed E-state index contributed by atoms with van der Waals surface area (Å²) in [5.74, 6) is 0. The minimum absolute atomic E-state index is 0.793. The molecule has 20 heavy (non-hydrogen) atoms. The molecular formula is C15H25BrN4. The molecule has 1 aromatic heterocycles. The largest absolute Gasteiger partial charge is 0.314 e. The van der Waals surface area contributed by atoms with E-state index in [0.717, 1.165) is 36.6 Å². The van der Waals surface area contributed by atoms with E-state index >= 15 is 0 Å². The Labute approximate surface area is 130 Å². The van der Waals surface area contributed by atoms with Gasteiger partial charge in [-0.2, -0.15) is 5.10 Å². The van der Waals surface area contributed by atoms with E-state index in [0.29, 0.717) is 0 Å². The predicted molar refractivity (Wildman–Crippen MR) is 87.8 cm³/mol. The lowest BCUT2D eigenvalue weighted by atomic mass is 10.2. The zero-order chi connectivity index (χ0) is 14.5. The highest BCUT2D eigenvalue weighted by molar-refractivity contribution is 9.10. The molecule has 4 nitrogen and oxygen atoms in total. The molecule has 0 saturated heterocycles. The molecule has 0 aliphatic heterocycles. The van der Waals surface area contributed by atoms with E-state index in [9.17, 15) is 0 Å². The van der Waals surface area contributed by atoms with Crippen molar-refractivity contribution >= 4 is 21.5 Å². The van der Waals surface area contributed by atoms with Crippen molar-refractivity contribution in [1.29, 1.82) is 0 Å². The summed E-state index contributed by atoms with van der Waals surface area (Å²) >= 11 is 3.61. The first-order chi connectivity index (χ1) is 9.58. The number of hydrogen-bond acceptors (Lipinski definition) is 3. The summed E-state index contributed by atoms with van der Waals surface area (Å²) < 4.78 is 3.17. The van der Waals surface area contributed by atoms with Gasteiger partial charge in [-0.3, -0.25) is 4.68 Å². The summed E-state index contributed by atoms with van der Waals surface area (Å²) in [6.45, 7) is 5.16. The molecule has 0 amide bonds. The van der Waals surface area contributed by atoms with Crippen molar-refractivity contribution in [2.45, 2.75) is 38.8 Å². The van der Waals surface area contributed by atoms with Crippen LogP contribution in [0.15, 0.2) is 16.7 Å². The minimum atomic E-state index is 0.793. The van der Waals surface area contributed by atoms with Gasteiger partial charge in [0.1, 0.15) is 0 Å². The summed E-state index contributed by atoms with van der Waals surface area (Å²) in [7, 11) is 4.18. The second-order valence-electron chi connectivity index (χ2n) is 5.77. The Morgan fingerprint density at radius 1 is 1.55 bits per heavy atom. The molecule has 2 rings (SSSR count). The van der Waals surface area contributed by atoms with Crippen molar-refractivity contribution in [3.05, 3.63) is 22.4 Å². The van der Waals surface area contributed by atoms with Crippen LogP contribution in [0.4, 0.5) is 0 Å². The normalized spacial score (nSPS) is 16.1. The molecule has 5 heteroatoms. The van der Waals surface area contributed by atoms with Crippen LogP contribution in [0.25, 0.3) is 5.57 Å². The van der Waals surface area contributed by atoms with Gasteiger partial charge in [0.05, 0.1) is 22.9 Å². The van der Waals surface area contributed by atoms with Gasteiger partial charge >= 0.3 is 0 Å². The number of halogens is 1. The van der Waals surface area contributed by atoms with Crippen LogP contribution >= 0.6 is 15.9 Å². The predicted octanol–water partition coefficient (Wildman–Crippen LogP) is 2.75. The third-order valence-corrected chi connectivity index (χ3v) is 4.11. The Balaban J connectivity index is 1.93. The Morgan fingerprint density at radius 2 is 2.30 bits per heavy atom. The quantitative estimate of drug-likeness (QED) is 0.738. The molecule has 0 unspecified atom stereocenters. The molecule has 1 heterocycles. The van der Waals surface area contributed by atoms with E-state index in [1.165, 1.54) is 24.1 Å². The molecule has 0 radical (unpaired) electrons. The molecule has 1 fully saturated rings. The van der Waals surface area contributed by atoms with Gasteiger partial charge in [-0.25, -0.2) is 0 Å². The highest BCUT2D eigenvalue weighted by Gasteiger charge is 2.19. The second-order valence-corrected chi connectivity index (χ2v) is 6.63. The van der Waals surface area contributed by atoms with Gasteiger partial charge in [0.25, 0.3) is 0 Å². The fourth-order valence-corrected chi connectivity index (χ4v) is 2.79. The number of nitrogens with one attached hydrogen (secondary N) is 1. The number of nitrogens with zero attached hydrogens (tertiary/aromatic N) is 3. The molecule has 1 aliphatic carbocycles. The zero-order valence-corrected chi connectivity index (χ0v) is 14.3. The molecule has 112 valence electrons. The van der Waals surface area contributed by atoms with Gasteiger partial charge < -0.3 is 10.2 Å². The smallest absolute Gasteiger partial charge is 0.0778 e. The van der Waals surface area contributed by atoms with Gasteiger partial charge in [-0.15, -0.1) is 0 Å². The molecule has 1 N–H and O–H groups in total. The van der Waals surface area contributed by atoms with Crippen LogP contribution in [0, 0.1) is 0 Å². The SMILES string of the molecule is CC(=CCCNC1CC1)c1c(Br)cnn1CCN(C)C. The Morgan fingerprint density at radius 3 is 2.95 bits per heavy atom. The Kier molecular flexibility index (Phi) is 5.81. The van der Waals surface area contributed by atoms with Crippen molar-refractivity contribution < 1.29 is 0 Å².